The molecular formula is C12H20N2S. The second-order valence-corrected chi connectivity index (χ2v) is 5.29. The highest BCUT2D eigenvalue weighted by Gasteiger charge is 2.19. The summed E-state index contributed by atoms with van der Waals surface area (Å²) < 4.78 is 0. The summed E-state index contributed by atoms with van der Waals surface area (Å²) in [6.07, 6.45) is 4.02. The first-order chi connectivity index (χ1) is 7.36. The maximum atomic E-state index is 3.52. The predicted octanol–water partition coefficient (Wildman–Crippen LogP) is 2.29. The normalized spacial score (nSPS) is 15.8. The Morgan fingerprint density at radius 1 is 1.40 bits per heavy atom. The lowest BCUT2D eigenvalue weighted by molar-refractivity contribution is 0.595. The Balaban J connectivity index is 1.49. The van der Waals surface area contributed by atoms with Crippen molar-refractivity contribution in [1.29, 1.82) is 0 Å². The summed E-state index contributed by atoms with van der Waals surface area (Å²) in [6.45, 7) is 5.51. The van der Waals surface area contributed by atoms with E-state index in [4.69, 9.17) is 0 Å². The van der Waals surface area contributed by atoms with Gasteiger partial charge in [-0.2, -0.15) is 0 Å². The summed E-state index contributed by atoms with van der Waals surface area (Å²) in [7, 11) is 0. The zero-order valence-electron chi connectivity index (χ0n) is 9.38. The number of aryl methyl sites for hydroxylation is 1. The largest absolute Gasteiger partial charge is 0.314 e. The third-order valence-corrected chi connectivity index (χ3v) is 3.82. The number of thiophene rings is 1. The Bertz CT molecular complexity index is 292. The Kier molecular flexibility index (Phi) is 4.18. The Labute approximate surface area is 96.1 Å². The molecule has 15 heavy (non-hydrogen) atoms. The third kappa shape index (κ3) is 3.93. The average Bonchev–Trinajstić information content (AvgIpc) is 2.96. The number of rotatable bonds is 7. The molecule has 2 N–H and O–H groups in total. The first-order valence-corrected chi connectivity index (χ1v) is 6.71. The van der Waals surface area contributed by atoms with E-state index in [0.29, 0.717) is 0 Å². The van der Waals surface area contributed by atoms with Crippen LogP contribution in [0.4, 0.5) is 0 Å². The van der Waals surface area contributed by atoms with Crippen molar-refractivity contribution in [2.75, 3.05) is 13.1 Å². The average molecular weight is 224 g/mol. The molecule has 2 nitrogen and oxygen atoms in total. The van der Waals surface area contributed by atoms with Crippen LogP contribution in [0.5, 0.6) is 0 Å². The number of hydrogen-bond donors (Lipinski definition) is 2. The van der Waals surface area contributed by atoms with E-state index in [-0.39, 0.29) is 0 Å². The van der Waals surface area contributed by atoms with Gasteiger partial charge in [-0.15, -0.1) is 11.3 Å². The molecule has 0 aliphatic heterocycles. The molecular weight excluding hydrogens is 204 g/mol. The molecule has 1 aromatic heterocycles. The van der Waals surface area contributed by atoms with Gasteiger partial charge in [-0.25, -0.2) is 0 Å². The van der Waals surface area contributed by atoms with Crippen molar-refractivity contribution in [1.82, 2.24) is 10.6 Å². The summed E-state index contributed by atoms with van der Waals surface area (Å²) in [5.74, 6) is 0. The van der Waals surface area contributed by atoms with Crippen molar-refractivity contribution >= 4 is 11.3 Å². The molecule has 84 valence electrons. The van der Waals surface area contributed by atoms with Crippen LogP contribution in [0.2, 0.25) is 0 Å². The summed E-state index contributed by atoms with van der Waals surface area (Å²) >= 11 is 1.85. The van der Waals surface area contributed by atoms with Gasteiger partial charge >= 0.3 is 0 Å². The van der Waals surface area contributed by atoms with Crippen LogP contribution in [0.3, 0.4) is 0 Å². The van der Waals surface area contributed by atoms with E-state index in [1.807, 2.05) is 11.3 Å². The zero-order valence-corrected chi connectivity index (χ0v) is 10.2. The molecule has 0 spiro atoms. The van der Waals surface area contributed by atoms with E-state index < -0.39 is 0 Å². The Morgan fingerprint density at radius 2 is 2.27 bits per heavy atom. The van der Waals surface area contributed by atoms with E-state index in [0.717, 1.165) is 19.1 Å². The van der Waals surface area contributed by atoms with Gasteiger partial charge in [-0.1, -0.05) is 0 Å². The second kappa shape index (κ2) is 5.64. The quantitative estimate of drug-likeness (QED) is 0.694. The Morgan fingerprint density at radius 3 is 2.93 bits per heavy atom. The van der Waals surface area contributed by atoms with E-state index in [1.54, 1.807) is 0 Å². The van der Waals surface area contributed by atoms with E-state index in [2.05, 4.69) is 29.0 Å². The minimum absolute atomic E-state index is 0.851. The van der Waals surface area contributed by atoms with Crippen LogP contribution in [0, 0.1) is 6.92 Å². The standard InChI is InChI=1S/C12H20N2S/c1-10-5-8-15-12(10)9-13-6-2-7-14-11-3-4-11/h5,8,11,13-14H,2-4,6-7,9H2,1H3. The van der Waals surface area contributed by atoms with Gasteiger partial charge in [0.1, 0.15) is 0 Å². The lowest BCUT2D eigenvalue weighted by Gasteiger charge is -2.05. The number of hydrogen-bond acceptors (Lipinski definition) is 3. The maximum Gasteiger partial charge on any atom is 0.0302 e. The summed E-state index contributed by atoms with van der Waals surface area (Å²) in [5, 5.41) is 9.19. The Hall–Kier alpha value is -0.380. The molecule has 1 fully saturated rings. The summed E-state index contributed by atoms with van der Waals surface area (Å²) in [6, 6.07) is 3.04. The molecule has 1 aliphatic rings. The smallest absolute Gasteiger partial charge is 0.0302 e. The first-order valence-electron chi connectivity index (χ1n) is 5.83. The van der Waals surface area contributed by atoms with Crippen molar-refractivity contribution < 1.29 is 0 Å². The molecule has 0 bridgehead atoms. The fourth-order valence-corrected chi connectivity index (χ4v) is 2.47. The van der Waals surface area contributed by atoms with Gasteiger partial charge in [-0.05, 0) is 56.3 Å². The van der Waals surface area contributed by atoms with Crippen LogP contribution in [0.1, 0.15) is 29.7 Å². The summed E-state index contributed by atoms with van der Waals surface area (Å²) in [5.41, 5.74) is 1.42. The molecule has 0 atom stereocenters. The van der Waals surface area contributed by atoms with Crippen molar-refractivity contribution in [3.8, 4) is 0 Å². The number of nitrogens with one attached hydrogen (secondary N) is 2. The van der Waals surface area contributed by atoms with E-state index in [1.165, 1.54) is 36.2 Å². The maximum absolute atomic E-state index is 3.52. The monoisotopic (exact) mass is 224 g/mol. The topological polar surface area (TPSA) is 24.1 Å². The zero-order chi connectivity index (χ0) is 10.5. The highest BCUT2D eigenvalue weighted by molar-refractivity contribution is 7.10. The molecule has 0 amide bonds. The van der Waals surface area contributed by atoms with Crippen molar-refractivity contribution in [2.24, 2.45) is 0 Å². The van der Waals surface area contributed by atoms with Gasteiger partial charge in [0.15, 0.2) is 0 Å². The molecule has 1 heterocycles. The molecule has 1 aromatic rings. The molecule has 0 aromatic carbocycles. The minimum Gasteiger partial charge on any atom is -0.314 e. The van der Waals surface area contributed by atoms with Crippen LogP contribution < -0.4 is 10.6 Å². The van der Waals surface area contributed by atoms with Gasteiger partial charge in [0.25, 0.3) is 0 Å². The van der Waals surface area contributed by atoms with E-state index in [9.17, 15) is 0 Å². The molecule has 3 heteroatoms. The van der Waals surface area contributed by atoms with Crippen molar-refractivity contribution in [3.05, 3.63) is 21.9 Å². The fraction of sp³-hybridized carbons (Fsp3) is 0.667. The van der Waals surface area contributed by atoms with Crippen LogP contribution in [-0.4, -0.2) is 19.1 Å². The van der Waals surface area contributed by atoms with Gasteiger partial charge in [0, 0.05) is 17.5 Å². The molecule has 1 saturated carbocycles. The van der Waals surface area contributed by atoms with E-state index >= 15 is 0 Å². The molecule has 0 unspecified atom stereocenters. The molecule has 2 rings (SSSR count). The lowest BCUT2D eigenvalue weighted by Crippen LogP contribution is -2.23. The minimum atomic E-state index is 0.851. The van der Waals surface area contributed by atoms with Gasteiger partial charge in [0.2, 0.25) is 0 Å². The molecule has 1 aliphatic carbocycles. The highest BCUT2D eigenvalue weighted by atomic mass is 32.1. The molecule has 0 radical (unpaired) electrons. The highest BCUT2D eigenvalue weighted by Crippen LogP contribution is 2.18. The van der Waals surface area contributed by atoms with Crippen LogP contribution in [-0.2, 0) is 6.54 Å². The second-order valence-electron chi connectivity index (χ2n) is 4.29. The predicted molar refractivity (Wildman–Crippen MR) is 66.4 cm³/mol. The third-order valence-electron chi connectivity index (χ3n) is 2.79. The SMILES string of the molecule is Cc1ccsc1CNCCCNC1CC1. The van der Waals surface area contributed by atoms with Gasteiger partial charge in [0.05, 0.1) is 0 Å². The van der Waals surface area contributed by atoms with Gasteiger partial charge < -0.3 is 10.6 Å². The van der Waals surface area contributed by atoms with Crippen LogP contribution >= 0.6 is 11.3 Å². The van der Waals surface area contributed by atoms with Crippen LogP contribution in [0.25, 0.3) is 0 Å². The van der Waals surface area contributed by atoms with Crippen molar-refractivity contribution in [3.63, 3.8) is 0 Å². The summed E-state index contributed by atoms with van der Waals surface area (Å²) in [4.78, 5) is 1.48. The van der Waals surface area contributed by atoms with Crippen LogP contribution in [0.15, 0.2) is 11.4 Å². The fourth-order valence-electron chi connectivity index (χ4n) is 1.59. The molecule has 0 saturated heterocycles. The van der Waals surface area contributed by atoms with Gasteiger partial charge in [-0.3, -0.25) is 0 Å². The first kappa shape index (κ1) is 11.1. The van der Waals surface area contributed by atoms with Crippen molar-refractivity contribution in [2.45, 2.75) is 38.8 Å². The lowest BCUT2D eigenvalue weighted by atomic mass is 10.3.